The van der Waals surface area contributed by atoms with Gasteiger partial charge in [-0.2, -0.15) is 0 Å². The van der Waals surface area contributed by atoms with Crippen molar-refractivity contribution in [3.63, 3.8) is 0 Å². The zero-order valence-corrected chi connectivity index (χ0v) is 11.0. The Hall–Kier alpha value is -1.26. The van der Waals surface area contributed by atoms with Crippen LogP contribution in [0.2, 0.25) is 5.02 Å². The van der Waals surface area contributed by atoms with Gasteiger partial charge >= 0.3 is 5.97 Å². The molecule has 5 heteroatoms. The van der Waals surface area contributed by atoms with Gasteiger partial charge in [0, 0.05) is 18.8 Å². The number of morpholine rings is 1. The van der Waals surface area contributed by atoms with Gasteiger partial charge in [0.15, 0.2) is 0 Å². The molecule has 0 radical (unpaired) electrons. The molecule has 1 heterocycles. The van der Waals surface area contributed by atoms with Gasteiger partial charge in [0.25, 0.3) is 0 Å². The predicted octanol–water partition coefficient (Wildman–Crippen LogP) is 2.65. The Balaban J connectivity index is 2.18. The molecule has 18 heavy (non-hydrogen) atoms. The molecule has 1 atom stereocenters. The number of benzene rings is 1. The first-order chi connectivity index (χ1) is 8.61. The van der Waals surface area contributed by atoms with Crippen LogP contribution in [-0.2, 0) is 4.74 Å². The summed E-state index contributed by atoms with van der Waals surface area (Å²) in [5.41, 5.74) is 1.09. The quantitative estimate of drug-likeness (QED) is 0.917. The van der Waals surface area contributed by atoms with Gasteiger partial charge in [-0.05, 0) is 24.6 Å². The number of ether oxygens (including phenoxy) is 1. The van der Waals surface area contributed by atoms with Crippen LogP contribution in [0.3, 0.4) is 0 Å². The first-order valence-corrected chi connectivity index (χ1v) is 6.39. The SMILES string of the molecule is CCC1CN(c2ccc(C(=O)O)c(Cl)c2)CCO1. The van der Waals surface area contributed by atoms with Crippen molar-refractivity contribution in [2.75, 3.05) is 24.6 Å². The lowest BCUT2D eigenvalue weighted by atomic mass is 10.1. The Morgan fingerprint density at radius 2 is 2.39 bits per heavy atom. The molecule has 2 rings (SSSR count). The summed E-state index contributed by atoms with van der Waals surface area (Å²) in [5, 5.41) is 9.21. The topological polar surface area (TPSA) is 49.8 Å². The Kier molecular flexibility index (Phi) is 4.09. The van der Waals surface area contributed by atoms with E-state index in [1.807, 2.05) is 0 Å². The maximum atomic E-state index is 10.9. The fraction of sp³-hybridized carbons (Fsp3) is 0.462. The highest BCUT2D eigenvalue weighted by Gasteiger charge is 2.20. The zero-order valence-electron chi connectivity index (χ0n) is 10.2. The number of carbonyl (C=O) groups is 1. The molecule has 4 nitrogen and oxygen atoms in total. The van der Waals surface area contributed by atoms with Crippen molar-refractivity contribution in [2.45, 2.75) is 19.4 Å². The number of halogens is 1. The molecule has 0 saturated carbocycles. The molecule has 1 aromatic carbocycles. The van der Waals surface area contributed by atoms with Crippen LogP contribution in [0.15, 0.2) is 18.2 Å². The van der Waals surface area contributed by atoms with Crippen molar-refractivity contribution in [1.82, 2.24) is 0 Å². The van der Waals surface area contributed by atoms with Gasteiger partial charge in [-0.1, -0.05) is 18.5 Å². The smallest absolute Gasteiger partial charge is 0.337 e. The van der Waals surface area contributed by atoms with Crippen LogP contribution in [0.5, 0.6) is 0 Å². The number of carboxylic acids is 1. The van der Waals surface area contributed by atoms with Crippen molar-refractivity contribution in [3.05, 3.63) is 28.8 Å². The van der Waals surface area contributed by atoms with E-state index in [1.54, 1.807) is 18.2 Å². The van der Waals surface area contributed by atoms with Gasteiger partial charge in [0.1, 0.15) is 0 Å². The van der Waals surface area contributed by atoms with Crippen molar-refractivity contribution in [2.24, 2.45) is 0 Å². The van der Waals surface area contributed by atoms with E-state index < -0.39 is 5.97 Å². The second-order valence-electron chi connectivity index (χ2n) is 4.32. The summed E-state index contributed by atoms with van der Waals surface area (Å²) in [6.45, 7) is 4.41. The van der Waals surface area contributed by atoms with Gasteiger partial charge in [-0.25, -0.2) is 4.79 Å². The molecule has 1 unspecified atom stereocenters. The molecule has 1 N–H and O–H groups in total. The third-order valence-corrected chi connectivity index (χ3v) is 3.46. The maximum Gasteiger partial charge on any atom is 0.337 e. The minimum atomic E-state index is -1.00. The Morgan fingerprint density at radius 3 is 3.00 bits per heavy atom. The lowest BCUT2D eigenvalue weighted by Crippen LogP contribution is -2.42. The van der Waals surface area contributed by atoms with Crippen molar-refractivity contribution in [3.8, 4) is 0 Å². The monoisotopic (exact) mass is 269 g/mol. The van der Waals surface area contributed by atoms with Crippen LogP contribution in [-0.4, -0.2) is 36.9 Å². The summed E-state index contributed by atoms with van der Waals surface area (Å²) in [6.07, 6.45) is 1.20. The van der Waals surface area contributed by atoms with E-state index >= 15 is 0 Å². The highest BCUT2D eigenvalue weighted by molar-refractivity contribution is 6.33. The fourth-order valence-corrected chi connectivity index (χ4v) is 2.33. The summed E-state index contributed by atoms with van der Waals surface area (Å²) in [7, 11) is 0. The Labute approximate surface area is 111 Å². The summed E-state index contributed by atoms with van der Waals surface area (Å²) < 4.78 is 5.60. The number of aromatic carboxylic acids is 1. The molecule has 0 spiro atoms. The summed E-state index contributed by atoms with van der Waals surface area (Å²) >= 11 is 5.98. The van der Waals surface area contributed by atoms with E-state index in [0.717, 1.165) is 25.2 Å². The molecule has 1 saturated heterocycles. The van der Waals surface area contributed by atoms with Crippen molar-refractivity contribution in [1.29, 1.82) is 0 Å². The summed E-state index contributed by atoms with van der Waals surface area (Å²) in [6, 6.07) is 5.06. The van der Waals surface area contributed by atoms with Gasteiger partial charge in [-0.15, -0.1) is 0 Å². The second-order valence-corrected chi connectivity index (χ2v) is 4.72. The van der Waals surface area contributed by atoms with Crippen molar-refractivity contribution < 1.29 is 14.6 Å². The lowest BCUT2D eigenvalue weighted by Gasteiger charge is -2.34. The molecule has 1 fully saturated rings. The number of hydrogen-bond acceptors (Lipinski definition) is 3. The van der Waals surface area contributed by atoms with Crippen LogP contribution >= 0.6 is 11.6 Å². The number of rotatable bonds is 3. The number of hydrogen-bond donors (Lipinski definition) is 1. The van der Waals surface area contributed by atoms with Gasteiger partial charge in [0.05, 0.1) is 23.3 Å². The van der Waals surface area contributed by atoms with Gasteiger partial charge < -0.3 is 14.7 Å². The van der Waals surface area contributed by atoms with E-state index in [1.165, 1.54) is 0 Å². The van der Waals surface area contributed by atoms with E-state index in [4.69, 9.17) is 21.4 Å². The largest absolute Gasteiger partial charge is 0.478 e. The zero-order chi connectivity index (χ0) is 13.1. The first kappa shape index (κ1) is 13.2. The minimum Gasteiger partial charge on any atom is -0.478 e. The van der Waals surface area contributed by atoms with Crippen LogP contribution in [0.4, 0.5) is 5.69 Å². The van der Waals surface area contributed by atoms with Gasteiger partial charge in [0.2, 0.25) is 0 Å². The van der Waals surface area contributed by atoms with Crippen LogP contribution < -0.4 is 4.90 Å². The molecular weight excluding hydrogens is 254 g/mol. The second kappa shape index (κ2) is 5.59. The standard InChI is InChI=1S/C13H16ClNO3/c1-2-10-8-15(5-6-18-10)9-3-4-11(13(16)17)12(14)7-9/h3-4,7,10H,2,5-6,8H2,1H3,(H,16,17). The number of nitrogens with zero attached hydrogens (tertiary/aromatic N) is 1. The molecule has 0 aliphatic carbocycles. The Bertz CT molecular complexity index is 450. The molecule has 1 aromatic rings. The van der Waals surface area contributed by atoms with E-state index in [0.29, 0.717) is 6.61 Å². The number of carboxylic acid groups (broad SMARTS) is 1. The Morgan fingerprint density at radius 1 is 1.61 bits per heavy atom. The van der Waals surface area contributed by atoms with Crippen LogP contribution in [0.25, 0.3) is 0 Å². The number of anilines is 1. The summed E-state index contributed by atoms with van der Waals surface area (Å²) in [5.74, 6) is -1.00. The average molecular weight is 270 g/mol. The highest BCUT2D eigenvalue weighted by Crippen LogP contribution is 2.25. The van der Waals surface area contributed by atoms with E-state index in [-0.39, 0.29) is 16.7 Å². The molecule has 98 valence electrons. The third kappa shape index (κ3) is 2.76. The fourth-order valence-electron chi connectivity index (χ4n) is 2.07. The van der Waals surface area contributed by atoms with Crippen molar-refractivity contribution >= 4 is 23.3 Å². The average Bonchev–Trinajstić information content (AvgIpc) is 2.38. The summed E-state index contributed by atoms with van der Waals surface area (Å²) in [4.78, 5) is 13.1. The first-order valence-electron chi connectivity index (χ1n) is 6.01. The molecular formula is C13H16ClNO3. The predicted molar refractivity (Wildman–Crippen MR) is 70.7 cm³/mol. The highest BCUT2D eigenvalue weighted by atomic mass is 35.5. The lowest BCUT2D eigenvalue weighted by molar-refractivity contribution is 0.0384. The maximum absolute atomic E-state index is 10.9. The minimum absolute atomic E-state index is 0.140. The van der Waals surface area contributed by atoms with E-state index in [2.05, 4.69) is 11.8 Å². The third-order valence-electron chi connectivity index (χ3n) is 3.14. The van der Waals surface area contributed by atoms with E-state index in [9.17, 15) is 4.79 Å². The molecule has 1 aliphatic rings. The van der Waals surface area contributed by atoms with Gasteiger partial charge in [-0.3, -0.25) is 0 Å². The molecule has 0 amide bonds. The normalized spacial score (nSPS) is 19.9. The molecule has 0 aromatic heterocycles. The van der Waals surface area contributed by atoms with Crippen LogP contribution in [0.1, 0.15) is 23.7 Å². The molecule has 1 aliphatic heterocycles. The molecule has 0 bridgehead atoms. The van der Waals surface area contributed by atoms with Crippen LogP contribution in [0, 0.1) is 0 Å².